The van der Waals surface area contributed by atoms with Gasteiger partial charge in [-0.15, -0.1) is 0 Å². The first-order chi connectivity index (χ1) is 5.77. The monoisotopic (exact) mass is 284 g/mol. The number of allylic oxidation sites excluding steroid dienone is 1. The van der Waals surface area contributed by atoms with Crippen molar-refractivity contribution in [3.05, 3.63) is 10.2 Å². The molecule has 70 valence electrons. The van der Waals surface area contributed by atoms with Crippen LogP contribution in [0.2, 0.25) is 4.47 Å². The van der Waals surface area contributed by atoms with Gasteiger partial charge in [-0.05, 0) is 0 Å². The molecular weight excluding hydrogens is 264 g/mol. The van der Waals surface area contributed by atoms with Gasteiger partial charge in [0.25, 0.3) is 0 Å². The number of hydrogen-bond acceptors (Lipinski definition) is 1. The van der Waals surface area contributed by atoms with Gasteiger partial charge in [0.15, 0.2) is 0 Å². The van der Waals surface area contributed by atoms with Crippen LogP contribution in [0.25, 0.3) is 0 Å². The fourth-order valence-electron chi connectivity index (χ4n) is 0.718. The van der Waals surface area contributed by atoms with E-state index in [9.17, 15) is 4.79 Å². The molecule has 0 radical (unpaired) electrons. The standard InChI is InChI=1S/C10H18OTe/c1-3-4-8-12-9-6-5-7-10(2)11/h6,9H,3-5,7-8H2,1-2H3/b9-6-. The van der Waals surface area contributed by atoms with E-state index >= 15 is 0 Å². The molecule has 0 saturated heterocycles. The third-order valence-electron chi connectivity index (χ3n) is 1.47. The quantitative estimate of drug-likeness (QED) is 0.518. The van der Waals surface area contributed by atoms with Crippen molar-refractivity contribution < 1.29 is 4.79 Å². The number of rotatable bonds is 7. The maximum absolute atomic E-state index is 10.6. The van der Waals surface area contributed by atoms with E-state index < -0.39 is 0 Å². The number of carbonyl (C=O) groups is 1. The molecule has 2 heteroatoms. The van der Waals surface area contributed by atoms with Crippen LogP contribution in [-0.2, 0) is 4.79 Å². The van der Waals surface area contributed by atoms with Crippen LogP contribution in [0, 0.1) is 0 Å². The molecule has 0 N–H and O–H groups in total. The second-order valence-electron chi connectivity index (χ2n) is 2.84. The van der Waals surface area contributed by atoms with Crippen LogP contribution in [0.1, 0.15) is 39.5 Å². The molecule has 0 atom stereocenters. The fourth-order valence-corrected chi connectivity index (χ4v) is 3.18. The summed E-state index contributed by atoms with van der Waals surface area (Å²) in [5.74, 6) is 0.300. The molecule has 0 rings (SSSR count). The molecule has 0 unspecified atom stereocenters. The molecule has 0 aromatic carbocycles. The van der Waals surface area contributed by atoms with Gasteiger partial charge in [0, 0.05) is 0 Å². The Hall–Kier alpha value is 0.200. The molecular formula is C10H18OTe. The summed E-state index contributed by atoms with van der Waals surface area (Å²) in [6.45, 7) is 3.88. The molecule has 0 aliphatic carbocycles. The van der Waals surface area contributed by atoms with Gasteiger partial charge >= 0.3 is 85.7 Å². The maximum atomic E-state index is 10.6. The van der Waals surface area contributed by atoms with Gasteiger partial charge in [0.05, 0.1) is 0 Å². The van der Waals surface area contributed by atoms with E-state index in [1.54, 1.807) is 6.92 Å². The predicted molar refractivity (Wildman–Crippen MR) is 54.5 cm³/mol. The Bertz CT molecular complexity index is 141. The van der Waals surface area contributed by atoms with Crippen LogP contribution in [0.5, 0.6) is 0 Å². The molecule has 0 spiro atoms. The Labute approximate surface area is 85.7 Å². The van der Waals surface area contributed by atoms with Crippen LogP contribution in [0.4, 0.5) is 0 Å². The molecule has 0 amide bonds. The fraction of sp³-hybridized carbons (Fsp3) is 0.700. The summed E-state index contributed by atoms with van der Waals surface area (Å²) in [6.07, 6.45) is 6.54. The summed E-state index contributed by atoms with van der Waals surface area (Å²) in [5.41, 5.74) is 0. The van der Waals surface area contributed by atoms with Crippen LogP contribution < -0.4 is 0 Å². The van der Waals surface area contributed by atoms with Crippen molar-refractivity contribution in [3.63, 3.8) is 0 Å². The van der Waals surface area contributed by atoms with Gasteiger partial charge in [0.2, 0.25) is 0 Å². The zero-order valence-electron chi connectivity index (χ0n) is 8.01. The summed E-state index contributed by atoms with van der Waals surface area (Å²) < 4.78 is 3.74. The van der Waals surface area contributed by atoms with Gasteiger partial charge in [0.1, 0.15) is 0 Å². The van der Waals surface area contributed by atoms with E-state index in [0.717, 1.165) is 12.8 Å². The summed E-state index contributed by atoms with van der Waals surface area (Å²) in [4.78, 5) is 10.6. The molecule has 0 heterocycles. The van der Waals surface area contributed by atoms with Crippen molar-refractivity contribution in [2.75, 3.05) is 0 Å². The number of ketones is 1. The molecule has 0 aliphatic heterocycles. The SMILES string of the molecule is CCCC[Te]/C=C\CCC(C)=O. The number of unbranched alkanes of at least 4 members (excludes halogenated alkanes) is 1. The molecule has 12 heavy (non-hydrogen) atoms. The Morgan fingerprint density at radius 2 is 2.25 bits per heavy atom. The van der Waals surface area contributed by atoms with Crippen LogP contribution in [0.3, 0.4) is 0 Å². The molecule has 0 bridgehead atoms. The zero-order valence-corrected chi connectivity index (χ0v) is 10.3. The topological polar surface area (TPSA) is 17.1 Å². The first-order valence-corrected chi connectivity index (χ1v) is 7.52. The molecule has 0 aromatic heterocycles. The van der Waals surface area contributed by atoms with Crippen molar-refractivity contribution in [2.45, 2.75) is 44.0 Å². The third kappa shape index (κ3) is 10.2. The van der Waals surface area contributed by atoms with Crippen LogP contribution in [-0.4, -0.2) is 26.7 Å². The van der Waals surface area contributed by atoms with E-state index in [1.807, 2.05) is 0 Å². The van der Waals surface area contributed by atoms with Crippen molar-refractivity contribution in [2.24, 2.45) is 0 Å². The minimum absolute atomic E-state index is 0.135. The minimum atomic E-state index is 0.135. The Morgan fingerprint density at radius 1 is 1.50 bits per heavy atom. The second kappa shape index (κ2) is 9.29. The molecule has 1 nitrogen and oxygen atoms in total. The van der Waals surface area contributed by atoms with Crippen molar-refractivity contribution in [1.29, 1.82) is 0 Å². The van der Waals surface area contributed by atoms with E-state index in [0.29, 0.717) is 5.78 Å². The van der Waals surface area contributed by atoms with Gasteiger partial charge < -0.3 is 0 Å². The Balaban J connectivity index is 3.09. The average Bonchev–Trinajstić information content (AvgIpc) is 2.02. The van der Waals surface area contributed by atoms with E-state index in [-0.39, 0.29) is 20.9 Å². The van der Waals surface area contributed by atoms with Gasteiger partial charge in [-0.1, -0.05) is 0 Å². The van der Waals surface area contributed by atoms with Gasteiger partial charge in [-0.3, -0.25) is 0 Å². The first-order valence-electron chi connectivity index (χ1n) is 4.53. The van der Waals surface area contributed by atoms with Crippen molar-refractivity contribution >= 4 is 26.7 Å². The second-order valence-corrected chi connectivity index (χ2v) is 5.73. The average molecular weight is 282 g/mol. The Morgan fingerprint density at radius 3 is 2.83 bits per heavy atom. The van der Waals surface area contributed by atoms with Gasteiger partial charge in [-0.25, -0.2) is 0 Å². The molecule has 0 aromatic rings. The Kier molecular flexibility index (Phi) is 9.44. The van der Waals surface area contributed by atoms with Gasteiger partial charge in [-0.2, -0.15) is 0 Å². The summed E-state index contributed by atoms with van der Waals surface area (Å²) in [5, 5.41) is 0. The van der Waals surface area contributed by atoms with Crippen molar-refractivity contribution in [1.82, 2.24) is 0 Å². The molecule has 0 aliphatic rings. The van der Waals surface area contributed by atoms with E-state index in [4.69, 9.17) is 0 Å². The molecule has 0 fully saturated rings. The summed E-state index contributed by atoms with van der Waals surface area (Å²) in [6, 6.07) is 0. The van der Waals surface area contributed by atoms with E-state index in [2.05, 4.69) is 17.1 Å². The zero-order chi connectivity index (χ0) is 9.23. The van der Waals surface area contributed by atoms with E-state index in [1.165, 1.54) is 17.3 Å². The predicted octanol–water partition coefficient (Wildman–Crippen LogP) is 2.79. The number of Topliss-reactive ketones (excluding diaryl/α,β-unsaturated/α-hetero) is 1. The van der Waals surface area contributed by atoms with Crippen LogP contribution in [0.15, 0.2) is 10.2 Å². The summed E-state index contributed by atoms with van der Waals surface area (Å²) >= 11 is 0.135. The van der Waals surface area contributed by atoms with Crippen molar-refractivity contribution in [3.8, 4) is 0 Å². The molecule has 0 saturated carbocycles. The number of hydrogen-bond donors (Lipinski definition) is 0. The normalized spacial score (nSPS) is 10.8. The summed E-state index contributed by atoms with van der Waals surface area (Å²) in [7, 11) is 0. The number of carbonyl (C=O) groups excluding carboxylic acids is 1. The third-order valence-corrected chi connectivity index (χ3v) is 4.07. The van der Waals surface area contributed by atoms with Crippen LogP contribution >= 0.6 is 0 Å². The first kappa shape index (κ1) is 12.2.